The Morgan fingerprint density at radius 3 is 2.12 bits per heavy atom. The summed E-state index contributed by atoms with van der Waals surface area (Å²) in [4.78, 5) is 0.186. The Hall–Kier alpha value is -3.10. The van der Waals surface area contributed by atoms with Gasteiger partial charge in [-0.1, -0.05) is 60.1 Å². The number of benzene rings is 3. The lowest BCUT2D eigenvalue weighted by molar-refractivity contribution is -0.141. The number of rotatable bonds is 4. The van der Waals surface area contributed by atoms with Gasteiger partial charge < -0.3 is 0 Å². The number of aromatic nitrogens is 2. The molecule has 0 saturated heterocycles. The smallest absolute Gasteiger partial charge is 0.231 e. The molecule has 0 fully saturated rings. The van der Waals surface area contributed by atoms with E-state index in [2.05, 4.69) is 5.10 Å². The van der Waals surface area contributed by atoms with E-state index in [1.807, 2.05) is 0 Å². The van der Waals surface area contributed by atoms with E-state index in [1.54, 1.807) is 66.7 Å². The second kappa shape index (κ2) is 8.11. The van der Waals surface area contributed by atoms with E-state index in [4.69, 9.17) is 11.6 Å². The van der Waals surface area contributed by atoms with Gasteiger partial charge >= 0.3 is 6.18 Å². The topological polar surface area (TPSA) is 52.0 Å². The van der Waals surface area contributed by atoms with Crippen LogP contribution in [0, 0.1) is 0 Å². The fourth-order valence-corrected chi connectivity index (χ4v) is 4.15. The molecule has 9 heteroatoms. The molecule has 0 atom stereocenters. The van der Waals surface area contributed by atoms with Gasteiger partial charge in [-0.25, -0.2) is 13.1 Å². The molecule has 1 aromatic heterocycles. The SMILES string of the molecule is CS(=O)(=O)c1cccc(-c2ccc(-c3cc(C(F)(F)F)nn3-c3ccccc3Cl)cc2)c1. The lowest BCUT2D eigenvalue weighted by Gasteiger charge is -2.10. The normalized spacial score (nSPS) is 12.2. The average Bonchev–Trinajstić information content (AvgIpc) is 3.19. The molecule has 32 heavy (non-hydrogen) atoms. The van der Waals surface area contributed by atoms with Crippen LogP contribution in [0.3, 0.4) is 0 Å². The van der Waals surface area contributed by atoms with Gasteiger partial charge in [-0.05, 0) is 41.5 Å². The minimum atomic E-state index is -4.62. The average molecular weight is 477 g/mol. The van der Waals surface area contributed by atoms with Crippen molar-refractivity contribution in [2.24, 2.45) is 0 Å². The van der Waals surface area contributed by atoms with Gasteiger partial charge in [0.1, 0.15) is 0 Å². The largest absolute Gasteiger partial charge is 0.435 e. The van der Waals surface area contributed by atoms with Crippen LogP contribution in [0.25, 0.3) is 28.1 Å². The van der Waals surface area contributed by atoms with Crippen LogP contribution in [0.2, 0.25) is 5.02 Å². The summed E-state index contributed by atoms with van der Waals surface area (Å²) in [7, 11) is -3.37. The van der Waals surface area contributed by atoms with Crippen LogP contribution in [0.15, 0.2) is 83.8 Å². The minimum absolute atomic E-state index is 0.186. The zero-order chi connectivity index (χ0) is 23.1. The molecular weight excluding hydrogens is 461 g/mol. The minimum Gasteiger partial charge on any atom is -0.231 e. The highest BCUT2D eigenvalue weighted by Crippen LogP contribution is 2.35. The second-order valence-corrected chi connectivity index (χ2v) is 9.58. The number of halogens is 4. The standard InChI is InChI=1S/C23H16ClF3N2O2S/c1-32(30,31)18-6-4-5-17(13-18)15-9-11-16(12-10-15)21-14-22(23(25,26)27)28-29(21)20-8-3-2-7-19(20)24/h2-14H,1H3. The number of alkyl halides is 3. The summed E-state index contributed by atoms with van der Waals surface area (Å²) in [5.41, 5.74) is 1.41. The van der Waals surface area contributed by atoms with Crippen LogP contribution in [0.1, 0.15) is 5.69 Å². The van der Waals surface area contributed by atoms with Crippen LogP contribution in [0.4, 0.5) is 13.2 Å². The van der Waals surface area contributed by atoms with Crippen LogP contribution in [-0.4, -0.2) is 24.5 Å². The molecule has 3 aromatic carbocycles. The Balaban J connectivity index is 1.80. The van der Waals surface area contributed by atoms with Gasteiger partial charge in [-0.3, -0.25) is 0 Å². The van der Waals surface area contributed by atoms with Crippen molar-refractivity contribution in [3.8, 4) is 28.1 Å². The van der Waals surface area contributed by atoms with Crippen molar-refractivity contribution in [1.82, 2.24) is 9.78 Å². The number of hydrogen-bond donors (Lipinski definition) is 0. The third-order valence-corrected chi connectivity index (χ3v) is 6.29. The van der Waals surface area contributed by atoms with Crippen molar-refractivity contribution < 1.29 is 21.6 Å². The van der Waals surface area contributed by atoms with Crippen molar-refractivity contribution in [3.05, 3.63) is 89.6 Å². The van der Waals surface area contributed by atoms with Crippen LogP contribution in [-0.2, 0) is 16.0 Å². The zero-order valence-electron chi connectivity index (χ0n) is 16.6. The molecule has 4 rings (SSSR count). The molecule has 0 unspecified atom stereocenters. The van der Waals surface area contributed by atoms with Crippen LogP contribution >= 0.6 is 11.6 Å². The Kier molecular flexibility index (Phi) is 5.60. The predicted molar refractivity (Wildman–Crippen MR) is 118 cm³/mol. The van der Waals surface area contributed by atoms with Crippen molar-refractivity contribution in [2.45, 2.75) is 11.1 Å². The highest BCUT2D eigenvalue weighted by atomic mass is 35.5. The molecule has 0 N–H and O–H groups in total. The zero-order valence-corrected chi connectivity index (χ0v) is 18.2. The Morgan fingerprint density at radius 1 is 0.844 bits per heavy atom. The van der Waals surface area contributed by atoms with Crippen molar-refractivity contribution >= 4 is 21.4 Å². The summed E-state index contributed by atoms with van der Waals surface area (Å²) in [6.45, 7) is 0. The molecule has 1 heterocycles. The quantitative estimate of drug-likeness (QED) is 0.348. The van der Waals surface area contributed by atoms with Crippen molar-refractivity contribution in [1.29, 1.82) is 0 Å². The maximum Gasteiger partial charge on any atom is 0.435 e. The summed E-state index contributed by atoms with van der Waals surface area (Å²) in [5, 5.41) is 4.01. The van der Waals surface area contributed by atoms with E-state index in [0.717, 1.165) is 17.9 Å². The van der Waals surface area contributed by atoms with Crippen LogP contribution < -0.4 is 0 Å². The maximum atomic E-state index is 13.4. The molecule has 164 valence electrons. The Labute approximate surface area is 187 Å². The van der Waals surface area contributed by atoms with Gasteiger partial charge in [-0.15, -0.1) is 0 Å². The van der Waals surface area contributed by atoms with Gasteiger partial charge in [0.2, 0.25) is 0 Å². The highest BCUT2D eigenvalue weighted by Gasteiger charge is 2.35. The predicted octanol–water partition coefficient (Wildman–Crippen LogP) is 6.28. The van der Waals surface area contributed by atoms with E-state index < -0.39 is 21.7 Å². The number of para-hydroxylation sites is 1. The summed E-state index contributed by atoms with van der Waals surface area (Å²) in [6.07, 6.45) is -3.49. The Bertz CT molecular complexity index is 1400. The van der Waals surface area contributed by atoms with Gasteiger partial charge in [0.25, 0.3) is 0 Å². The van der Waals surface area contributed by atoms with Gasteiger partial charge in [0.15, 0.2) is 15.5 Å². The summed E-state index contributed by atoms with van der Waals surface area (Å²) in [5.74, 6) is 0. The monoisotopic (exact) mass is 476 g/mol. The first-order valence-corrected chi connectivity index (χ1v) is 11.6. The van der Waals surface area contributed by atoms with E-state index in [-0.39, 0.29) is 15.6 Å². The fraction of sp³-hybridized carbons (Fsp3) is 0.0870. The third-order valence-electron chi connectivity index (χ3n) is 4.86. The van der Waals surface area contributed by atoms with E-state index >= 15 is 0 Å². The molecule has 0 aliphatic heterocycles. The first kappa shape index (κ1) is 22.1. The summed E-state index contributed by atoms with van der Waals surface area (Å²) < 4.78 is 64.9. The molecular formula is C23H16ClF3N2O2S. The molecule has 0 aliphatic rings. The first-order valence-electron chi connectivity index (χ1n) is 9.37. The number of sulfone groups is 1. The van der Waals surface area contributed by atoms with E-state index in [0.29, 0.717) is 16.8 Å². The molecule has 0 radical (unpaired) electrons. The van der Waals surface area contributed by atoms with E-state index in [1.165, 1.54) is 10.7 Å². The molecule has 0 aliphatic carbocycles. The Morgan fingerprint density at radius 2 is 1.50 bits per heavy atom. The summed E-state index contributed by atoms with van der Waals surface area (Å²) >= 11 is 6.21. The van der Waals surface area contributed by atoms with Gasteiger partial charge in [0.05, 0.1) is 21.3 Å². The number of nitrogens with zero attached hydrogens (tertiary/aromatic N) is 2. The first-order chi connectivity index (χ1) is 15.0. The van der Waals surface area contributed by atoms with Crippen molar-refractivity contribution in [2.75, 3.05) is 6.26 Å². The summed E-state index contributed by atoms with van der Waals surface area (Å²) in [6, 6.07) is 20.7. The highest BCUT2D eigenvalue weighted by molar-refractivity contribution is 7.90. The lowest BCUT2D eigenvalue weighted by Crippen LogP contribution is -2.07. The molecule has 4 aromatic rings. The third kappa shape index (κ3) is 4.42. The number of hydrogen-bond acceptors (Lipinski definition) is 3. The van der Waals surface area contributed by atoms with Gasteiger partial charge in [0, 0.05) is 11.8 Å². The molecule has 0 saturated carbocycles. The fourth-order valence-electron chi connectivity index (χ4n) is 3.27. The lowest BCUT2D eigenvalue weighted by atomic mass is 10.0. The van der Waals surface area contributed by atoms with Crippen LogP contribution in [0.5, 0.6) is 0 Å². The second-order valence-electron chi connectivity index (χ2n) is 7.15. The van der Waals surface area contributed by atoms with Crippen molar-refractivity contribution in [3.63, 3.8) is 0 Å². The molecule has 0 amide bonds. The molecule has 0 spiro atoms. The maximum absolute atomic E-state index is 13.4. The van der Waals surface area contributed by atoms with E-state index in [9.17, 15) is 21.6 Å². The molecule has 0 bridgehead atoms. The molecule has 4 nitrogen and oxygen atoms in total. The van der Waals surface area contributed by atoms with Gasteiger partial charge in [-0.2, -0.15) is 18.3 Å².